The molecular formula is C23H29ClF3N5O3S. The van der Waals surface area contributed by atoms with E-state index >= 15 is 0 Å². The highest BCUT2D eigenvalue weighted by molar-refractivity contribution is 7.89. The van der Waals surface area contributed by atoms with Gasteiger partial charge in [-0.3, -0.25) is 14.4 Å². The topological polar surface area (TPSA) is 87.5 Å². The Balaban J connectivity index is 1.47. The Morgan fingerprint density at radius 2 is 1.78 bits per heavy atom. The lowest BCUT2D eigenvalue weighted by Gasteiger charge is -2.50. The summed E-state index contributed by atoms with van der Waals surface area (Å²) in [4.78, 5) is 14.9. The number of carbonyl (C=O) groups excluding carboxylic acids is 1. The minimum atomic E-state index is -3.76. The Morgan fingerprint density at radius 1 is 1.11 bits per heavy atom. The number of nitrogens with zero attached hydrogens (tertiary/aromatic N) is 4. The fourth-order valence-corrected chi connectivity index (χ4v) is 6.58. The fraction of sp³-hybridized carbons (Fsp3) is 0.565. The first kappa shape index (κ1) is 26.9. The molecule has 1 aromatic heterocycles. The summed E-state index contributed by atoms with van der Waals surface area (Å²) >= 11 is 6.15. The van der Waals surface area contributed by atoms with Gasteiger partial charge in [0.1, 0.15) is 6.67 Å². The SMILES string of the molecule is Cn1ccc(S(=O)(=O)N2CCN(C3(CNC(=O)c4ccc(CF)cc4Cl)CCC(F)(F)CC3)CC2)n1. The molecular weight excluding hydrogens is 519 g/mol. The summed E-state index contributed by atoms with van der Waals surface area (Å²) in [6, 6.07) is 5.73. The smallest absolute Gasteiger partial charge is 0.262 e. The molecule has 1 aromatic carbocycles. The molecule has 1 saturated carbocycles. The molecule has 198 valence electrons. The van der Waals surface area contributed by atoms with Crippen molar-refractivity contribution in [1.29, 1.82) is 0 Å². The lowest BCUT2D eigenvalue weighted by Crippen LogP contribution is -2.63. The highest BCUT2D eigenvalue weighted by Gasteiger charge is 2.48. The maximum Gasteiger partial charge on any atom is 0.262 e. The van der Waals surface area contributed by atoms with Crippen molar-refractivity contribution in [1.82, 2.24) is 24.3 Å². The zero-order chi connectivity index (χ0) is 26.1. The van der Waals surface area contributed by atoms with Crippen molar-refractivity contribution in [2.75, 3.05) is 32.7 Å². The van der Waals surface area contributed by atoms with Crippen LogP contribution >= 0.6 is 11.6 Å². The maximum atomic E-state index is 14.1. The number of rotatable bonds is 7. The van der Waals surface area contributed by atoms with E-state index in [1.165, 1.54) is 33.3 Å². The van der Waals surface area contributed by atoms with Crippen LogP contribution in [0.2, 0.25) is 5.02 Å². The second-order valence-electron chi connectivity index (χ2n) is 9.43. The van der Waals surface area contributed by atoms with Crippen molar-refractivity contribution in [2.45, 2.75) is 48.8 Å². The molecule has 4 rings (SSSR count). The molecule has 1 aliphatic heterocycles. The van der Waals surface area contributed by atoms with Gasteiger partial charge in [0.2, 0.25) is 5.92 Å². The normalized spacial score (nSPS) is 20.8. The first-order chi connectivity index (χ1) is 17.0. The summed E-state index contributed by atoms with van der Waals surface area (Å²) in [5, 5.41) is 6.91. The van der Waals surface area contributed by atoms with Crippen LogP contribution in [0.4, 0.5) is 13.2 Å². The number of alkyl halides is 3. The van der Waals surface area contributed by atoms with Gasteiger partial charge in [-0.2, -0.15) is 9.40 Å². The number of benzene rings is 1. The average molecular weight is 548 g/mol. The summed E-state index contributed by atoms with van der Waals surface area (Å²) < 4.78 is 69.6. The van der Waals surface area contributed by atoms with Crippen LogP contribution in [0, 0.1) is 0 Å². The third-order valence-electron chi connectivity index (χ3n) is 7.13. The minimum Gasteiger partial charge on any atom is -0.350 e. The number of piperazine rings is 1. The predicted octanol–water partition coefficient (Wildman–Crippen LogP) is 3.23. The summed E-state index contributed by atoms with van der Waals surface area (Å²) in [7, 11) is -2.13. The summed E-state index contributed by atoms with van der Waals surface area (Å²) in [5.41, 5.74) is -0.221. The average Bonchev–Trinajstić information content (AvgIpc) is 3.30. The van der Waals surface area contributed by atoms with Crippen LogP contribution in [0.15, 0.2) is 35.5 Å². The van der Waals surface area contributed by atoms with Crippen LogP contribution in [0.5, 0.6) is 0 Å². The van der Waals surface area contributed by atoms with E-state index in [0.717, 1.165) is 0 Å². The molecule has 1 aliphatic carbocycles. The van der Waals surface area contributed by atoms with Crippen LogP contribution in [0.3, 0.4) is 0 Å². The highest BCUT2D eigenvalue weighted by Crippen LogP contribution is 2.42. The van der Waals surface area contributed by atoms with Crippen molar-refractivity contribution in [2.24, 2.45) is 7.05 Å². The zero-order valence-electron chi connectivity index (χ0n) is 19.9. The van der Waals surface area contributed by atoms with Gasteiger partial charge >= 0.3 is 0 Å². The number of halogens is 4. The standard InChI is InChI=1S/C23H29ClF3N5O3S/c1-30-9-4-20(29-30)36(34,35)32-12-10-31(11-13-32)22(5-7-23(26,27)8-6-22)16-28-21(33)18-3-2-17(15-25)14-19(18)24/h2-4,9,14H,5-8,10-13,15-16H2,1H3,(H,28,33). The van der Waals surface area contributed by atoms with E-state index in [4.69, 9.17) is 11.6 Å². The Kier molecular flexibility index (Phi) is 7.70. The predicted molar refractivity (Wildman–Crippen MR) is 128 cm³/mol. The van der Waals surface area contributed by atoms with E-state index in [0.29, 0.717) is 18.7 Å². The van der Waals surface area contributed by atoms with Gasteiger partial charge in [0, 0.05) is 64.3 Å². The Hall–Kier alpha value is -2.15. The number of aromatic nitrogens is 2. The number of sulfonamides is 1. The molecule has 0 bridgehead atoms. The molecule has 36 heavy (non-hydrogen) atoms. The van der Waals surface area contributed by atoms with Gasteiger partial charge in [0.05, 0.1) is 10.6 Å². The second-order valence-corrected chi connectivity index (χ2v) is 11.7. The number of nitrogens with one attached hydrogen (secondary N) is 1. The number of amides is 1. The van der Waals surface area contributed by atoms with Gasteiger partial charge in [0.15, 0.2) is 5.03 Å². The monoisotopic (exact) mass is 547 g/mol. The van der Waals surface area contributed by atoms with Crippen molar-refractivity contribution < 1.29 is 26.4 Å². The van der Waals surface area contributed by atoms with Crippen molar-refractivity contribution in [3.8, 4) is 0 Å². The Labute approximate surface area is 213 Å². The summed E-state index contributed by atoms with van der Waals surface area (Å²) in [6.45, 7) is 0.430. The van der Waals surface area contributed by atoms with Gasteiger partial charge in [-0.05, 0) is 36.6 Å². The van der Waals surface area contributed by atoms with E-state index in [9.17, 15) is 26.4 Å². The minimum absolute atomic E-state index is 0.0339. The van der Waals surface area contributed by atoms with Crippen LogP contribution in [0.25, 0.3) is 0 Å². The molecule has 2 aromatic rings. The van der Waals surface area contributed by atoms with Gasteiger partial charge in [-0.1, -0.05) is 17.7 Å². The lowest BCUT2D eigenvalue weighted by molar-refractivity contribution is -0.0856. The van der Waals surface area contributed by atoms with Crippen molar-refractivity contribution in [3.63, 3.8) is 0 Å². The number of hydrogen-bond acceptors (Lipinski definition) is 5. The van der Waals surface area contributed by atoms with Crippen molar-refractivity contribution in [3.05, 3.63) is 46.6 Å². The van der Waals surface area contributed by atoms with Gasteiger partial charge in [-0.15, -0.1) is 0 Å². The van der Waals surface area contributed by atoms with Gasteiger partial charge in [-0.25, -0.2) is 21.6 Å². The molecule has 1 saturated heterocycles. The van der Waals surface area contributed by atoms with Gasteiger partial charge < -0.3 is 5.32 Å². The Morgan fingerprint density at radius 3 is 2.33 bits per heavy atom. The quantitative estimate of drug-likeness (QED) is 0.575. The number of aryl methyl sites for hydroxylation is 1. The molecule has 2 fully saturated rings. The first-order valence-electron chi connectivity index (χ1n) is 11.7. The Bertz CT molecular complexity index is 1210. The second kappa shape index (κ2) is 10.3. The maximum absolute atomic E-state index is 14.1. The molecule has 13 heteroatoms. The van der Waals surface area contributed by atoms with Gasteiger partial charge in [0.25, 0.3) is 15.9 Å². The number of carbonyl (C=O) groups is 1. The largest absolute Gasteiger partial charge is 0.350 e. The molecule has 0 atom stereocenters. The van der Waals surface area contributed by atoms with Crippen molar-refractivity contribution >= 4 is 27.5 Å². The van der Waals surface area contributed by atoms with E-state index in [-0.39, 0.29) is 60.9 Å². The molecule has 0 spiro atoms. The fourth-order valence-electron chi connectivity index (χ4n) is 4.92. The van der Waals surface area contributed by atoms with E-state index in [1.54, 1.807) is 13.2 Å². The molecule has 0 unspecified atom stereocenters. The summed E-state index contributed by atoms with van der Waals surface area (Å²) in [5.74, 6) is -3.25. The molecule has 2 aliphatic rings. The third-order valence-corrected chi connectivity index (χ3v) is 9.23. The van der Waals surface area contributed by atoms with E-state index in [2.05, 4.69) is 10.4 Å². The van der Waals surface area contributed by atoms with Crippen LogP contribution < -0.4 is 5.32 Å². The third kappa shape index (κ3) is 5.56. The van der Waals surface area contributed by atoms with Crippen LogP contribution in [0.1, 0.15) is 41.6 Å². The molecule has 1 N–H and O–H groups in total. The molecule has 1 amide bonds. The van der Waals surface area contributed by atoms with E-state index < -0.39 is 34.1 Å². The number of hydrogen-bond donors (Lipinski definition) is 1. The first-order valence-corrected chi connectivity index (χ1v) is 13.5. The molecule has 2 heterocycles. The lowest BCUT2D eigenvalue weighted by atomic mass is 9.78. The molecule has 8 nitrogen and oxygen atoms in total. The van der Waals surface area contributed by atoms with Crippen LogP contribution in [-0.4, -0.2) is 77.5 Å². The summed E-state index contributed by atoms with van der Waals surface area (Å²) in [6.07, 6.45) is 1.23. The van der Waals surface area contributed by atoms with Crippen LogP contribution in [-0.2, 0) is 23.7 Å². The van der Waals surface area contributed by atoms with E-state index in [1.807, 2.05) is 4.90 Å². The molecule has 0 radical (unpaired) electrons. The zero-order valence-corrected chi connectivity index (χ0v) is 21.5. The highest BCUT2D eigenvalue weighted by atomic mass is 35.5.